The van der Waals surface area contributed by atoms with Crippen molar-refractivity contribution in [3.05, 3.63) is 283 Å². The highest BCUT2D eigenvalue weighted by Crippen LogP contribution is 2.64. The Balaban J connectivity index is 0.000000133. The Bertz CT molecular complexity index is 4840. The van der Waals surface area contributed by atoms with Gasteiger partial charge in [0.15, 0.2) is 0 Å². The highest BCUT2D eigenvalue weighted by atomic mass is 16.5. The Labute approximate surface area is 772 Å². The van der Waals surface area contributed by atoms with E-state index in [9.17, 15) is 9.59 Å². The summed E-state index contributed by atoms with van der Waals surface area (Å²) >= 11 is 0. The van der Waals surface area contributed by atoms with Gasteiger partial charge in [-0.3, -0.25) is 9.59 Å². The number of rotatable bonds is 24. The summed E-state index contributed by atoms with van der Waals surface area (Å²) in [6, 6.07) is 69.8. The predicted molar refractivity (Wildman–Crippen MR) is 528 cm³/mol. The molecule has 0 heterocycles. The van der Waals surface area contributed by atoms with Crippen molar-refractivity contribution < 1.29 is 48.6 Å². The van der Waals surface area contributed by atoms with Crippen LogP contribution in [-0.4, -0.2) is 72.3 Å². The quantitative estimate of drug-likeness (QED) is 0.0430. The maximum absolute atomic E-state index is 11.7. The highest BCUT2D eigenvalue weighted by molar-refractivity contribution is 6.47. The molecule has 10 aliphatic rings. The number of ketones is 2. The summed E-state index contributed by atoms with van der Waals surface area (Å²) in [6.07, 6.45) is 16.3. The molecular weight excluding hydrogens is 1570 g/mol. The van der Waals surface area contributed by atoms with Gasteiger partial charge in [0.1, 0.15) is 11.6 Å². The SMILES string of the molecule is CC(=O)C1CC1(C)c1ccc2c(c1)C(C)(C)CCC2(C)C.CC(=O)[C@@H]1C[C@]1(C)c1ccc2c(c1)C(C)(C)CCC2(C)C.CC1(B(O)O)CC1COCc1ccccc1.CC1(C)CCC(C)(C)c2cc(C3(C)CC3COCc3ccccc3)ccc21.CC1(C)CCC(C)(C)c2cc([C@@]3(C)C[C@H]3COCc3ccccc3)ccc21.C[C@]1(B(O)O)C[C@H]1COCc1ccccc1. The van der Waals surface area contributed by atoms with Crippen LogP contribution in [0.4, 0.5) is 0 Å². The van der Waals surface area contributed by atoms with Crippen LogP contribution in [0.5, 0.6) is 0 Å². The lowest BCUT2D eigenvalue weighted by Crippen LogP contribution is -2.34. The van der Waals surface area contributed by atoms with Gasteiger partial charge in [-0.2, -0.15) is 0 Å². The van der Waals surface area contributed by atoms with Crippen molar-refractivity contribution in [3.8, 4) is 0 Å². The van der Waals surface area contributed by atoms with Crippen LogP contribution >= 0.6 is 0 Å². The fraction of sp³-hybridized carbons (Fsp3) is 0.569. The molecule has 0 aliphatic heterocycles. The van der Waals surface area contributed by atoms with Crippen LogP contribution in [0.3, 0.4) is 0 Å². The fourth-order valence-corrected chi connectivity index (χ4v) is 22.1. The van der Waals surface area contributed by atoms with E-state index in [-0.39, 0.29) is 88.5 Å². The zero-order valence-corrected chi connectivity index (χ0v) is 82.9. The lowest BCUT2D eigenvalue weighted by molar-refractivity contribution is -0.119. The molecule has 6 fully saturated rings. The number of fused-ring (bicyclic) bond motifs is 4. The monoisotopic (exact) mass is 1730 g/mol. The molecular formula is C116H158B2O10. The van der Waals surface area contributed by atoms with E-state index in [1.165, 1.54) is 120 Å². The second-order valence-electron chi connectivity index (χ2n) is 47.9. The number of ether oxygens (including phenoxy) is 4. The number of hydrogen-bond acceptors (Lipinski definition) is 10. The van der Waals surface area contributed by atoms with Crippen LogP contribution in [0.15, 0.2) is 194 Å². The van der Waals surface area contributed by atoms with E-state index in [1.54, 1.807) is 36.1 Å². The second-order valence-corrected chi connectivity index (χ2v) is 47.9. The number of benzene rings is 8. The second kappa shape index (κ2) is 37.4. The van der Waals surface area contributed by atoms with Gasteiger partial charge < -0.3 is 39.0 Å². The van der Waals surface area contributed by atoms with Crippen molar-refractivity contribution in [1.29, 1.82) is 0 Å². The third-order valence-electron chi connectivity index (χ3n) is 34.1. The topological polar surface area (TPSA) is 152 Å². The maximum Gasteiger partial charge on any atom is 0.458 e. The molecule has 8 aromatic carbocycles. The van der Waals surface area contributed by atoms with Crippen molar-refractivity contribution in [2.45, 2.75) is 358 Å². The van der Waals surface area contributed by atoms with Gasteiger partial charge in [-0.1, -0.05) is 346 Å². The van der Waals surface area contributed by atoms with E-state index >= 15 is 0 Å². The van der Waals surface area contributed by atoms with E-state index in [4.69, 9.17) is 39.0 Å². The Morgan fingerprint density at radius 1 is 0.266 bits per heavy atom. The molecule has 688 valence electrons. The molecule has 10 nitrogen and oxygen atoms in total. The first-order chi connectivity index (χ1) is 59.9. The molecule has 12 heteroatoms. The maximum atomic E-state index is 11.7. The van der Waals surface area contributed by atoms with Gasteiger partial charge >= 0.3 is 14.2 Å². The average molecular weight is 1730 g/mol. The lowest BCUT2D eigenvalue weighted by atomic mass is 9.62. The molecule has 0 bridgehead atoms. The number of Topliss-reactive ketones (excluding diaryl/α,β-unsaturated/α-hetero) is 2. The third kappa shape index (κ3) is 21.9. The normalized spacial score (nSPS) is 29.3. The standard InChI is InChI=1S/2C26H34O.2C20H28O.2C12H17BO3/c2*1-24(2)13-14-25(3,4)23-15-20(11-12-22(23)24)26(5)16-21(26)18-27-17-19-9-7-6-8-10-19;2*1-13(21)17-12-20(17,6)14-7-8-15-16(11-14)19(4,5)10-9-18(15,2)3;2*1-12(13(14)15)7-11(12)9-16-8-10-5-3-2-4-6-10/h2*6-12,15,21H,13-14,16-18H2,1-5H3;2*7-8,11,17H,9-10,12H2,1-6H3;2*2-6,11,14-15H,7-9H2,1H3/t21-,26+;;17-,20+;;11-,12-;/m0.0.0./s1. The zero-order chi connectivity index (χ0) is 93.0. The Morgan fingerprint density at radius 3 is 0.664 bits per heavy atom. The molecule has 4 N–H and O–H groups in total. The molecule has 0 spiro atoms. The minimum atomic E-state index is -1.22. The van der Waals surface area contributed by atoms with Gasteiger partial charge in [0, 0.05) is 46.5 Å². The molecule has 18 rings (SSSR count). The third-order valence-corrected chi connectivity index (χ3v) is 34.1. The molecule has 6 unspecified atom stereocenters. The number of hydrogen-bond donors (Lipinski definition) is 4. The molecule has 8 aromatic rings. The van der Waals surface area contributed by atoms with Gasteiger partial charge in [0.2, 0.25) is 0 Å². The molecule has 0 amide bonds. The van der Waals surface area contributed by atoms with Gasteiger partial charge in [-0.15, -0.1) is 0 Å². The van der Waals surface area contributed by atoms with Crippen LogP contribution in [0.25, 0.3) is 0 Å². The first-order valence-corrected chi connectivity index (χ1v) is 48.7. The summed E-state index contributed by atoms with van der Waals surface area (Å²) in [5, 5.41) is 35.9. The smallest absolute Gasteiger partial charge is 0.427 e. The lowest BCUT2D eigenvalue weighted by Gasteiger charge is -2.42. The summed E-state index contributed by atoms with van der Waals surface area (Å²) in [7, 11) is -2.45. The minimum Gasteiger partial charge on any atom is -0.427 e. The highest BCUT2D eigenvalue weighted by Gasteiger charge is 2.61. The molecule has 12 atom stereocenters. The van der Waals surface area contributed by atoms with Crippen molar-refractivity contribution in [2.24, 2.45) is 35.5 Å². The minimum absolute atomic E-state index is 0.0819. The van der Waals surface area contributed by atoms with E-state index in [1.807, 2.05) is 74.5 Å². The number of carbonyl (C=O) groups excluding carboxylic acids is 2. The van der Waals surface area contributed by atoms with Crippen molar-refractivity contribution >= 4 is 25.8 Å². The van der Waals surface area contributed by atoms with E-state index in [2.05, 4.69) is 272 Å². The molecule has 0 aromatic heterocycles. The molecule has 128 heavy (non-hydrogen) atoms. The van der Waals surface area contributed by atoms with Gasteiger partial charge in [0.25, 0.3) is 0 Å². The van der Waals surface area contributed by atoms with E-state index in [0.29, 0.717) is 60.7 Å². The van der Waals surface area contributed by atoms with Crippen molar-refractivity contribution in [2.75, 3.05) is 26.4 Å². The van der Waals surface area contributed by atoms with Gasteiger partial charge in [-0.25, -0.2) is 0 Å². The largest absolute Gasteiger partial charge is 0.458 e. The summed E-state index contributed by atoms with van der Waals surface area (Å²) in [5.41, 5.74) is 25.8. The zero-order valence-electron chi connectivity index (χ0n) is 82.9. The molecule has 0 radical (unpaired) electrons. The number of carbonyl (C=O) groups is 2. The molecule has 0 saturated heterocycles. The van der Waals surface area contributed by atoms with Gasteiger partial charge in [-0.05, 0) is 271 Å². The first kappa shape index (κ1) is 98.4. The van der Waals surface area contributed by atoms with Crippen LogP contribution < -0.4 is 0 Å². The van der Waals surface area contributed by atoms with Crippen LogP contribution in [0, 0.1) is 35.5 Å². The van der Waals surface area contributed by atoms with Crippen LogP contribution in [0.2, 0.25) is 10.6 Å². The Kier molecular flexibility index (Phi) is 28.8. The van der Waals surface area contributed by atoms with Crippen LogP contribution in [0.1, 0.15) is 345 Å². The average Bonchev–Trinajstić information content (AvgIpc) is 1.58. The summed E-state index contributed by atoms with van der Waals surface area (Å²) in [5.74, 6) is 2.97. The summed E-state index contributed by atoms with van der Waals surface area (Å²) < 4.78 is 23.2. The summed E-state index contributed by atoms with van der Waals surface area (Å²) in [4.78, 5) is 23.4. The van der Waals surface area contributed by atoms with E-state index < -0.39 is 14.2 Å². The Morgan fingerprint density at radius 2 is 0.469 bits per heavy atom. The molecule has 10 aliphatic carbocycles. The first-order valence-electron chi connectivity index (χ1n) is 48.7. The fourth-order valence-electron chi connectivity index (χ4n) is 22.1. The van der Waals surface area contributed by atoms with E-state index in [0.717, 1.165) is 63.2 Å². The Hall–Kier alpha value is -7.09. The van der Waals surface area contributed by atoms with Crippen molar-refractivity contribution in [3.63, 3.8) is 0 Å². The van der Waals surface area contributed by atoms with Gasteiger partial charge in [0.05, 0.1) is 39.6 Å². The molecule has 6 saturated carbocycles. The van der Waals surface area contributed by atoms with Crippen LogP contribution in [-0.2, 0) is 120 Å². The van der Waals surface area contributed by atoms with Crippen molar-refractivity contribution in [1.82, 2.24) is 0 Å². The summed E-state index contributed by atoms with van der Waals surface area (Å²) in [6.45, 7) is 60.3. The predicted octanol–water partition coefficient (Wildman–Crippen LogP) is 25.8.